The van der Waals surface area contributed by atoms with Crippen LogP contribution in [0.15, 0.2) is 83.4 Å². The predicted octanol–water partition coefficient (Wildman–Crippen LogP) is 4.93. The van der Waals surface area contributed by atoms with Gasteiger partial charge >= 0.3 is 6.09 Å². The molecule has 14 heteroatoms. The standard InChI is InChI=1S/C42H45N7O7/c1-42(2,3)56-41(54)48-22-20-47(21-23-48)19-17-44-38(52)29-9-6-8-27(24-29)28-13-14-30-31(15-16-43-33(30)25-28)39(53)45-26-36(50)49-18-7-11-34(49)37(51)40-46-32-10-4-5-12-35(32)55-40/h4-6,8-10,12-16,24-25,34H,7,11,17-23,26H2,1-3H3,(H,44,52)(H,45,53)/t34-/m0/s1. The molecule has 0 aliphatic carbocycles. The fraction of sp³-hybridized carbons (Fsp3) is 0.357. The first-order chi connectivity index (χ1) is 26.9. The van der Waals surface area contributed by atoms with Gasteiger partial charge in [-0.3, -0.25) is 29.1 Å². The van der Waals surface area contributed by atoms with E-state index in [1.54, 1.807) is 47.5 Å². The van der Waals surface area contributed by atoms with Crippen LogP contribution in [0.5, 0.6) is 0 Å². The van der Waals surface area contributed by atoms with Crippen molar-refractivity contribution >= 4 is 51.6 Å². The number of pyridine rings is 1. The lowest BCUT2D eigenvalue weighted by Gasteiger charge is -2.35. The summed E-state index contributed by atoms with van der Waals surface area (Å²) >= 11 is 0. The number of benzene rings is 3. The van der Waals surface area contributed by atoms with Gasteiger partial charge in [-0.25, -0.2) is 9.78 Å². The number of likely N-dealkylation sites (tertiary alicyclic amines) is 1. The van der Waals surface area contributed by atoms with Crippen LogP contribution in [0.1, 0.15) is 65.0 Å². The number of nitrogens with zero attached hydrogens (tertiary/aromatic N) is 5. The van der Waals surface area contributed by atoms with Crippen LogP contribution in [0.2, 0.25) is 0 Å². The quantitative estimate of drug-likeness (QED) is 0.187. The molecule has 0 spiro atoms. The van der Waals surface area contributed by atoms with E-state index in [9.17, 15) is 24.0 Å². The first-order valence-corrected chi connectivity index (χ1v) is 18.9. The summed E-state index contributed by atoms with van der Waals surface area (Å²) in [5, 5.41) is 6.34. The fourth-order valence-corrected chi connectivity index (χ4v) is 7.09. The number of piperazine rings is 1. The maximum absolute atomic E-state index is 13.4. The molecule has 0 saturated carbocycles. The number of rotatable bonds is 10. The van der Waals surface area contributed by atoms with E-state index in [0.717, 1.165) is 11.1 Å². The van der Waals surface area contributed by atoms with Crippen molar-refractivity contribution in [2.24, 2.45) is 0 Å². The summed E-state index contributed by atoms with van der Waals surface area (Å²) in [6, 6.07) is 20.8. The maximum Gasteiger partial charge on any atom is 0.410 e. The lowest BCUT2D eigenvalue weighted by molar-refractivity contribution is -0.130. The van der Waals surface area contributed by atoms with Gasteiger partial charge in [0.15, 0.2) is 5.58 Å². The Morgan fingerprint density at radius 2 is 1.62 bits per heavy atom. The molecule has 2 aromatic heterocycles. The van der Waals surface area contributed by atoms with Crippen molar-refractivity contribution in [3.63, 3.8) is 0 Å². The van der Waals surface area contributed by atoms with Gasteiger partial charge in [-0.2, -0.15) is 0 Å². The summed E-state index contributed by atoms with van der Waals surface area (Å²) in [5.74, 6) is -1.39. The average Bonchev–Trinajstić information content (AvgIpc) is 3.87. The highest BCUT2D eigenvalue weighted by atomic mass is 16.6. The molecule has 2 N–H and O–H groups in total. The number of ketones is 1. The SMILES string of the molecule is CC(C)(C)OC(=O)N1CCN(CCNC(=O)c2cccc(-c3ccc4c(C(=O)NCC(=O)N5CCC[C@H]5C(=O)c5nc6ccccc6o5)ccnc4c3)c2)CC1. The molecule has 1 atom stereocenters. The van der Waals surface area contributed by atoms with E-state index < -0.39 is 17.6 Å². The van der Waals surface area contributed by atoms with Crippen molar-refractivity contribution in [3.8, 4) is 11.1 Å². The van der Waals surface area contributed by atoms with E-state index in [2.05, 4.69) is 25.5 Å². The highest BCUT2D eigenvalue weighted by Gasteiger charge is 2.37. The van der Waals surface area contributed by atoms with Gasteiger partial charge in [0, 0.05) is 63.0 Å². The average molecular weight is 760 g/mol. The van der Waals surface area contributed by atoms with Gasteiger partial charge in [0.05, 0.1) is 17.6 Å². The third-order valence-corrected chi connectivity index (χ3v) is 9.96. The highest BCUT2D eigenvalue weighted by molar-refractivity contribution is 6.08. The van der Waals surface area contributed by atoms with Gasteiger partial charge in [0.1, 0.15) is 17.2 Å². The Hall–Kier alpha value is -6.15. The predicted molar refractivity (Wildman–Crippen MR) is 209 cm³/mol. The topological polar surface area (TPSA) is 167 Å². The second-order valence-corrected chi connectivity index (χ2v) is 15.0. The normalized spacial score (nSPS) is 16.2. The number of carbonyl (C=O) groups excluding carboxylic acids is 5. The minimum atomic E-state index is -0.711. The number of oxazole rings is 1. The molecule has 3 aromatic carbocycles. The minimum Gasteiger partial charge on any atom is -0.444 e. The van der Waals surface area contributed by atoms with Crippen LogP contribution in [0, 0.1) is 0 Å². The zero-order valence-corrected chi connectivity index (χ0v) is 31.7. The van der Waals surface area contributed by atoms with Crippen LogP contribution in [0.25, 0.3) is 33.1 Å². The van der Waals surface area contributed by atoms with E-state index in [1.165, 1.54) is 4.90 Å². The molecule has 5 aromatic rings. The van der Waals surface area contributed by atoms with Crippen LogP contribution < -0.4 is 10.6 Å². The number of nitrogens with one attached hydrogen (secondary N) is 2. The van der Waals surface area contributed by atoms with Crippen LogP contribution >= 0.6 is 0 Å². The number of hydrogen-bond donors (Lipinski definition) is 2. The Morgan fingerprint density at radius 1 is 0.839 bits per heavy atom. The molecule has 2 aliphatic heterocycles. The van der Waals surface area contributed by atoms with Gasteiger partial charge in [-0.15, -0.1) is 0 Å². The van der Waals surface area contributed by atoms with Gasteiger partial charge < -0.3 is 29.6 Å². The Morgan fingerprint density at radius 3 is 2.41 bits per heavy atom. The van der Waals surface area contributed by atoms with Crippen molar-refractivity contribution in [2.45, 2.75) is 45.3 Å². The second-order valence-electron chi connectivity index (χ2n) is 15.0. The Balaban J connectivity index is 0.929. The molecule has 0 radical (unpaired) electrons. The van der Waals surface area contributed by atoms with E-state index in [4.69, 9.17) is 9.15 Å². The zero-order chi connectivity index (χ0) is 39.4. The van der Waals surface area contributed by atoms with Gasteiger partial charge in [0.25, 0.3) is 17.7 Å². The lowest BCUT2D eigenvalue weighted by atomic mass is 9.99. The molecule has 4 amide bonds. The Bertz CT molecular complexity index is 2260. The van der Waals surface area contributed by atoms with Crippen molar-refractivity contribution in [1.29, 1.82) is 0 Å². The molecule has 2 fully saturated rings. The number of ether oxygens (including phenoxy) is 1. The minimum absolute atomic E-state index is 0.0300. The summed E-state index contributed by atoms with van der Waals surface area (Å²) in [6.45, 7) is 9.34. The molecule has 7 rings (SSSR count). The first-order valence-electron chi connectivity index (χ1n) is 18.9. The largest absolute Gasteiger partial charge is 0.444 e. The van der Waals surface area contributed by atoms with Gasteiger partial charge in [-0.05, 0) is 81.1 Å². The lowest BCUT2D eigenvalue weighted by Crippen LogP contribution is -2.51. The molecular formula is C42H45N7O7. The van der Waals surface area contributed by atoms with Crippen molar-refractivity contribution < 1.29 is 33.1 Å². The Kier molecular flexibility index (Phi) is 11.1. The van der Waals surface area contributed by atoms with Crippen molar-refractivity contribution in [2.75, 3.05) is 52.4 Å². The van der Waals surface area contributed by atoms with E-state index in [1.807, 2.05) is 57.2 Å². The summed E-state index contributed by atoms with van der Waals surface area (Å²) in [7, 11) is 0. The molecule has 2 aliphatic rings. The Labute approximate surface area is 324 Å². The van der Waals surface area contributed by atoms with Crippen molar-refractivity contribution in [3.05, 3.63) is 96.0 Å². The molecule has 56 heavy (non-hydrogen) atoms. The summed E-state index contributed by atoms with van der Waals surface area (Å²) in [6.07, 6.45) is 2.38. The fourth-order valence-electron chi connectivity index (χ4n) is 7.09. The van der Waals surface area contributed by atoms with Crippen molar-refractivity contribution in [1.82, 2.24) is 35.3 Å². The number of amides is 4. The number of hydrogen-bond acceptors (Lipinski definition) is 10. The number of fused-ring (bicyclic) bond motifs is 2. The first kappa shape index (κ1) is 38.1. The molecule has 290 valence electrons. The monoisotopic (exact) mass is 759 g/mol. The molecule has 0 unspecified atom stereocenters. The zero-order valence-electron chi connectivity index (χ0n) is 31.7. The van der Waals surface area contributed by atoms with Crippen LogP contribution in [0.4, 0.5) is 4.79 Å². The molecule has 4 heterocycles. The molecule has 2 saturated heterocycles. The maximum atomic E-state index is 13.4. The third-order valence-electron chi connectivity index (χ3n) is 9.96. The number of para-hydroxylation sites is 2. The third kappa shape index (κ3) is 8.70. The second kappa shape index (κ2) is 16.3. The number of Topliss-reactive ketones (excluding diaryl/α,β-unsaturated/α-hetero) is 1. The molecule has 0 bridgehead atoms. The molecular weight excluding hydrogens is 715 g/mol. The molecule has 14 nitrogen and oxygen atoms in total. The summed E-state index contributed by atoms with van der Waals surface area (Å²) in [4.78, 5) is 79.7. The van der Waals surface area contributed by atoms with E-state index in [-0.39, 0.29) is 36.1 Å². The van der Waals surface area contributed by atoms with Crippen LogP contribution in [0.3, 0.4) is 0 Å². The number of carbonyl (C=O) groups is 5. The summed E-state index contributed by atoms with van der Waals surface area (Å²) < 4.78 is 11.1. The number of aromatic nitrogens is 2. The smallest absolute Gasteiger partial charge is 0.410 e. The highest BCUT2D eigenvalue weighted by Crippen LogP contribution is 2.27. The van der Waals surface area contributed by atoms with Gasteiger partial charge in [-0.1, -0.05) is 36.4 Å². The summed E-state index contributed by atoms with van der Waals surface area (Å²) in [5.41, 5.74) is 3.62. The van der Waals surface area contributed by atoms with E-state index in [0.29, 0.717) is 91.8 Å². The van der Waals surface area contributed by atoms with Crippen LogP contribution in [-0.2, 0) is 9.53 Å². The van der Waals surface area contributed by atoms with E-state index >= 15 is 0 Å². The van der Waals surface area contributed by atoms with Crippen LogP contribution in [-0.4, -0.2) is 118 Å². The van der Waals surface area contributed by atoms with Gasteiger partial charge in [0.2, 0.25) is 11.7 Å².